The van der Waals surface area contributed by atoms with Crippen LogP contribution in [0.25, 0.3) is 21.7 Å². The molecule has 45 heavy (non-hydrogen) atoms. The van der Waals surface area contributed by atoms with Crippen LogP contribution in [-0.2, 0) is 14.9 Å². The lowest BCUT2D eigenvalue weighted by Gasteiger charge is -2.39. The second kappa shape index (κ2) is 13.5. The number of nitrogens with two attached hydrogens (primary N) is 1. The third-order valence-electron chi connectivity index (χ3n) is 8.08. The van der Waals surface area contributed by atoms with Crippen LogP contribution in [0.1, 0.15) is 37.6 Å². The minimum absolute atomic E-state index is 0.0722. The Morgan fingerprint density at radius 3 is 2.29 bits per heavy atom. The molecule has 0 aliphatic carbocycles. The number of hydrogen-bond acceptors (Lipinski definition) is 10. The van der Waals surface area contributed by atoms with E-state index in [-0.39, 0.29) is 28.6 Å². The Labute approximate surface area is 278 Å². The van der Waals surface area contributed by atoms with Crippen LogP contribution in [0.15, 0.2) is 58.9 Å². The van der Waals surface area contributed by atoms with Crippen molar-refractivity contribution in [3.63, 3.8) is 0 Å². The summed E-state index contributed by atoms with van der Waals surface area (Å²) in [4.78, 5) is 9.18. The maximum atomic E-state index is 10.2. The number of hydrogen-bond donors (Lipinski definition) is 1. The number of thiazole rings is 1. The summed E-state index contributed by atoms with van der Waals surface area (Å²) in [6.07, 6.45) is -0.389. The number of rotatable bonds is 9. The number of halogens is 1. The lowest BCUT2D eigenvalue weighted by Crippen LogP contribution is -2.47. The van der Waals surface area contributed by atoms with Gasteiger partial charge in [0, 0.05) is 27.3 Å². The molecule has 0 amide bonds. The van der Waals surface area contributed by atoms with Crippen LogP contribution in [0.5, 0.6) is 5.75 Å². The number of thioether (sulfide) groups is 1. The lowest BCUT2D eigenvalue weighted by molar-refractivity contribution is 0.0807. The van der Waals surface area contributed by atoms with Crippen LogP contribution in [0, 0.1) is 22.7 Å². The van der Waals surface area contributed by atoms with Gasteiger partial charge in [-0.15, -0.1) is 11.3 Å². The van der Waals surface area contributed by atoms with Crippen LogP contribution in [0.2, 0.25) is 23.2 Å². The number of nitrogen functional groups attached to an aromatic ring is 1. The SMILES string of the molecule is CC(C)(C)[Si](C)(C)OC1COCC1Oc1ccc(-c2c(C#N)c(N)nc(SCc3csc(-c4ccc(Cl)cc4)n3)c2C#N)cc1. The minimum Gasteiger partial charge on any atom is -0.485 e. The third kappa shape index (κ3) is 7.36. The summed E-state index contributed by atoms with van der Waals surface area (Å²) >= 11 is 8.91. The fraction of sp³-hybridized carbons (Fsp3) is 0.333. The van der Waals surface area contributed by atoms with Crippen LogP contribution < -0.4 is 10.5 Å². The highest BCUT2D eigenvalue weighted by atomic mass is 35.5. The average molecular weight is 676 g/mol. The molecule has 0 radical (unpaired) electrons. The van der Waals surface area contributed by atoms with E-state index in [4.69, 9.17) is 36.2 Å². The van der Waals surface area contributed by atoms with E-state index >= 15 is 0 Å². The summed E-state index contributed by atoms with van der Waals surface area (Å²) in [6, 6.07) is 19.3. The summed E-state index contributed by atoms with van der Waals surface area (Å²) in [7, 11) is -2.01. The number of pyridine rings is 1. The average Bonchev–Trinajstić information content (AvgIpc) is 3.65. The molecule has 2 unspecified atom stereocenters. The first kappa shape index (κ1) is 33.0. The van der Waals surface area contributed by atoms with Crippen molar-refractivity contribution in [3.8, 4) is 39.6 Å². The van der Waals surface area contributed by atoms with Gasteiger partial charge in [0.25, 0.3) is 0 Å². The van der Waals surface area contributed by atoms with Gasteiger partial charge >= 0.3 is 0 Å². The Morgan fingerprint density at radius 2 is 1.64 bits per heavy atom. The standard InChI is InChI=1S/C33H34ClN5O3S2Si/c1-33(2,3)45(4,5)42-28-17-40-16-27(28)41-24-12-8-20(9-13-24)29-25(14-35)30(37)39-32(26(29)15-36)44-19-23-18-43-31(38-23)21-6-10-22(34)11-7-21/h6-13,18,27-28H,16-17,19H2,1-5H3,(H2,37,39). The van der Waals surface area contributed by atoms with Crippen molar-refractivity contribution in [2.24, 2.45) is 0 Å². The molecule has 1 aliphatic rings. The van der Waals surface area contributed by atoms with Gasteiger partial charge in [0.15, 0.2) is 8.32 Å². The molecule has 2 aromatic carbocycles. The number of aromatic nitrogens is 2. The summed E-state index contributed by atoms with van der Waals surface area (Å²) in [6.45, 7) is 12.0. The molecule has 12 heteroatoms. The Bertz CT molecular complexity index is 1760. The molecule has 2 N–H and O–H groups in total. The van der Waals surface area contributed by atoms with Crippen LogP contribution in [0.3, 0.4) is 0 Å². The first-order chi connectivity index (χ1) is 21.4. The van der Waals surface area contributed by atoms with Crippen molar-refractivity contribution in [1.29, 1.82) is 10.5 Å². The second-order valence-electron chi connectivity index (χ2n) is 12.2. The first-order valence-corrected chi connectivity index (χ1v) is 19.5. The van der Waals surface area contributed by atoms with Gasteiger partial charge < -0.3 is 19.6 Å². The van der Waals surface area contributed by atoms with Crippen LogP contribution in [-0.4, -0.2) is 43.7 Å². The van der Waals surface area contributed by atoms with Gasteiger partial charge in [0.2, 0.25) is 0 Å². The minimum atomic E-state index is -2.01. The third-order valence-corrected chi connectivity index (χ3v) is 14.8. The molecule has 3 heterocycles. The fourth-order valence-corrected chi connectivity index (χ4v) is 7.87. The smallest absolute Gasteiger partial charge is 0.192 e. The largest absolute Gasteiger partial charge is 0.485 e. The second-order valence-corrected chi connectivity index (χ2v) is 19.2. The van der Waals surface area contributed by atoms with E-state index in [9.17, 15) is 10.5 Å². The van der Waals surface area contributed by atoms with E-state index < -0.39 is 8.32 Å². The Hall–Kier alpha value is -3.42. The lowest BCUT2D eigenvalue weighted by atomic mass is 9.97. The maximum Gasteiger partial charge on any atom is 0.192 e. The van der Waals surface area contributed by atoms with Crippen LogP contribution in [0.4, 0.5) is 5.82 Å². The monoisotopic (exact) mass is 675 g/mol. The molecule has 4 aromatic rings. The predicted molar refractivity (Wildman–Crippen MR) is 183 cm³/mol. The Balaban J connectivity index is 1.35. The van der Waals surface area contributed by atoms with Gasteiger partial charge in [0.1, 0.15) is 51.5 Å². The zero-order chi connectivity index (χ0) is 32.4. The molecule has 0 saturated carbocycles. The van der Waals surface area contributed by atoms with Crippen molar-refractivity contribution in [2.75, 3.05) is 18.9 Å². The molecule has 8 nitrogen and oxygen atoms in total. The van der Waals surface area contributed by atoms with Gasteiger partial charge in [-0.2, -0.15) is 10.5 Å². The van der Waals surface area contributed by atoms with Crippen molar-refractivity contribution < 1.29 is 13.9 Å². The molecule has 1 fully saturated rings. The van der Waals surface area contributed by atoms with Gasteiger partial charge in [-0.05, 0) is 48.0 Å². The number of anilines is 1. The number of benzene rings is 2. The topological polar surface area (TPSA) is 127 Å². The highest BCUT2D eigenvalue weighted by Gasteiger charge is 2.43. The van der Waals surface area contributed by atoms with Crippen molar-refractivity contribution >= 4 is 48.8 Å². The molecule has 2 aromatic heterocycles. The maximum absolute atomic E-state index is 10.2. The number of nitriles is 2. The highest BCUT2D eigenvalue weighted by molar-refractivity contribution is 7.98. The zero-order valence-electron chi connectivity index (χ0n) is 25.8. The molecular weight excluding hydrogens is 642 g/mol. The summed E-state index contributed by atoms with van der Waals surface area (Å²) in [5.74, 6) is 1.19. The molecule has 0 spiro atoms. The van der Waals surface area contributed by atoms with Crippen molar-refractivity contribution in [1.82, 2.24) is 9.97 Å². The molecule has 2 atom stereocenters. The van der Waals surface area contributed by atoms with Gasteiger partial charge in [-0.1, -0.05) is 68.4 Å². The van der Waals surface area contributed by atoms with E-state index in [2.05, 4.69) is 51.0 Å². The molecule has 1 aliphatic heterocycles. The highest BCUT2D eigenvalue weighted by Crippen LogP contribution is 2.40. The van der Waals surface area contributed by atoms with E-state index in [1.165, 1.54) is 23.1 Å². The summed E-state index contributed by atoms with van der Waals surface area (Å²) in [5.41, 5.74) is 9.66. The number of ether oxygens (including phenoxy) is 2. The van der Waals surface area contributed by atoms with E-state index in [0.29, 0.717) is 51.5 Å². The van der Waals surface area contributed by atoms with Gasteiger partial charge in [0.05, 0.1) is 24.5 Å². The van der Waals surface area contributed by atoms with Gasteiger partial charge in [-0.3, -0.25) is 0 Å². The molecule has 0 bridgehead atoms. The molecule has 1 saturated heterocycles. The fourth-order valence-electron chi connectivity index (χ4n) is 4.60. The normalized spacial score (nSPS) is 16.7. The predicted octanol–water partition coefficient (Wildman–Crippen LogP) is 8.31. The molecule has 5 rings (SSSR count). The Morgan fingerprint density at radius 1 is 1.00 bits per heavy atom. The van der Waals surface area contributed by atoms with Crippen LogP contribution >= 0.6 is 34.7 Å². The van der Waals surface area contributed by atoms with Crippen molar-refractivity contribution in [3.05, 3.63) is 75.8 Å². The molecular formula is C33H34ClN5O3S2Si. The molecule has 232 valence electrons. The zero-order valence-corrected chi connectivity index (χ0v) is 29.1. The van der Waals surface area contributed by atoms with E-state index in [1.54, 1.807) is 0 Å². The summed E-state index contributed by atoms with van der Waals surface area (Å²) < 4.78 is 18.6. The quantitative estimate of drug-likeness (QED) is 0.138. The first-order valence-electron chi connectivity index (χ1n) is 14.4. The number of nitrogens with zero attached hydrogens (tertiary/aromatic N) is 4. The van der Waals surface area contributed by atoms with Crippen molar-refractivity contribution in [2.45, 2.75) is 61.9 Å². The summed E-state index contributed by atoms with van der Waals surface area (Å²) in [5, 5.41) is 24.3. The van der Waals surface area contributed by atoms with E-state index in [0.717, 1.165) is 16.3 Å². The Kier molecular flexibility index (Phi) is 9.90. The van der Waals surface area contributed by atoms with Gasteiger partial charge in [-0.25, -0.2) is 9.97 Å². The van der Waals surface area contributed by atoms with E-state index in [1.807, 2.05) is 53.9 Å².